The molecule has 112 valence electrons. The van der Waals surface area contributed by atoms with Crippen LogP contribution in [0.3, 0.4) is 0 Å². The fourth-order valence-electron chi connectivity index (χ4n) is 2.17. The lowest BCUT2D eigenvalue weighted by Crippen LogP contribution is -2.34. The largest absolute Gasteiger partial charge is 0.398 e. The number of hydrogen-bond acceptors (Lipinski definition) is 3. The molecule has 0 radical (unpaired) electrons. The van der Waals surface area contributed by atoms with Crippen LogP contribution in [0.1, 0.15) is 38.2 Å². The average molecular weight is 317 g/mol. The lowest BCUT2D eigenvalue weighted by atomic mass is 10.2. The van der Waals surface area contributed by atoms with Crippen molar-refractivity contribution in [2.75, 3.05) is 12.3 Å². The molecule has 0 aromatic heterocycles. The molecule has 0 amide bonds. The fourth-order valence-corrected chi connectivity index (χ4v) is 4.49. The molecule has 1 saturated carbocycles. The highest BCUT2D eigenvalue weighted by atomic mass is 35.5. The Bertz CT molecular complexity index is 597. The third-order valence-electron chi connectivity index (χ3n) is 3.59. The summed E-state index contributed by atoms with van der Waals surface area (Å²) in [6, 6.07) is 3.23. The van der Waals surface area contributed by atoms with Crippen molar-refractivity contribution in [1.29, 1.82) is 0 Å². The molecule has 0 spiro atoms. The summed E-state index contributed by atoms with van der Waals surface area (Å²) in [6.07, 6.45) is 3.68. The maximum Gasteiger partial charge on any atom is 0.244 e. The molecular weight excluding hydrogens is 296 g/mol. The lowest BCUT2D eigenvalue weighted by Gasteiger charge is -2.22. The Morgan fingerprint density at radius 1 is 1.40 bits per heavy atom. The van der Waals surface area contributed by atoms with Crippen molar-refractivity contribution in [3.63, 3.8) is 0 Å². The Kier molecular flexibility index (Phi) is 4.62. The minimum absolute atomic E-state index is 0.130. The van der Waals surface area contributed by atoms with Gasteiger partial charge in [-0.15, -0.1) is 0 Å². The number of nitrogens with two attached hydrogens (primary N) is 1. The number of sulfonamides is 1. The van der Waals surface area contributed by atoms with E-state index in [4.69, 9.17) is 17.3 Å². The first-order valence-corrected chi connectivity index (χ1v) is 8.77. The summed E-state index contributed by atoms with van der Waals surface area (Å²) >= 11 is 6.13. The van der Waals surface area contributed by atoms with Gasteiger partial charge in [-0.1, -0.05) is 24.9 Å². The number of aryl methyl sites for hydroxylation is 1. The van der Waals surface area contributed by atoms with Gasteiger partial charge in [0.05, 0.1) is 5.02 Å². The van der Waals surface area contributed by atoms with Crippen molar-refractivity contribution in [3.05, 3.63) is 22.7 Å². The molecular formula is C14H21ClN2O2S. The van der Waals surface area contributed by atoms with Gasteiger partial charge in [0, 0.05) is 18.3 Å². The van der Waals surface area contributed by atoms with Crippen LogP contribution in [-0.2, 0) is 10.0 Å². The van der Waals surface area contributed by atoms with E-state index in [-0.39, 0.29) is 16.0 Å². The number of nitrogen functional groups attached to an aromatic ring is 1. The standard InChI is InChI=1S/C14H21ClN2O2S/c1-3-4-7-17(11-5-6-11)20(18,19)14-9-13(16)10(2)8-12(14)15/h8-9,11H,3-7,16H2,1-2H3. The molecule has 0 saturated heterocycles. The van der Waals surface area contributed by atoms with Crippen LogP contribution >= 0.6 is 11.6 Å². The van der Waals surface area contributed by atoms with Crippen molar-refractivity contribution < 1.29 is 8.42 Å². The molecule has 1 aliphatic rings. The smallest absolute Gasteiger partial charge is 0.244 e. The highest BCUT2D eigenvalue weighted by Gasteiger charge is 2.38. The Balaban J connectivity index is 2.39. The van der Waals surface area contributed by atoms with Gasteiger partial charge in [-0.3, -0.25) is 0 Å². The van der Waals surface area contributed by atoms with Gasteiger partial charge in [0.15, 0.2) is 0 Å². The van der Waals surface area contributed by atoms with Crippen LogP contribution in [-0.4, -0.2) is 25.3 Å². The summed E-state index contributed by atoms with van der Waals surface area (Å²) in [5, 5.41) is 0.249. The maximum atomic E-state index is 12.8. The van der Waals surface area contributed by atoms with Gasteiger partial charge in [0.2, 0.25) is 10.0 Å². The third-order valence-corrected chi connectivity index (χ3v) is 6.01. The second-order valence-electron chi connectivity index (χ2n) is 5.34. The van der Waals surface area contributed by atoms with Crippen molar-refractivity contribution in [2.24, 2.45) is 0 Å². The summed E-state index contributed by atoms with van der Waals surface area (Å²) in [5.41, 5.74) is 7.09. The average Bonchev–Trinajstić information content (AvgIpc) is 3.18. The molecule has 2 N–H and O–H groups in total. The quantitative estimate of drug-likeness (QED) is 0.820. The SMILES string of the molecule is CCCCN(C1CC1)S(=O)(=O)c1cc(N)c(C)cc1Cl. The van der Waals surface area contributed by atoms with Crippen LogP contribution in [0.2, 0.25) is 5.02 Å². The first-order valence-electron chi connectivity index (χ1n) is 6.95. The molecule has 0 aliphatic heterocycles. The fraction of sp³-hybridized carbons (Fsp3) is 0.571. The van der Waals surface area contributed by atoms with Gasteiger partial charge in [-0.05, 0) is 43.9 Å². The zero-order valence-electron chi connectivity index (χ0n) is 11.9. The van der Waals surface area contributed by atoms with E-state index in [1.165, 1.54) is 6.07 Å². The highest BCUT2D eigenvalue weighted by Crippen LogP contribution is 2.35. The molecule has 1 aromatic carbocycles. The van der Waals surface area contributed by atoms with Crippen LogP contribution in [0, 0.1) is 6.92 Å². The molecule has 20 heavy (non-hydrogen) atoms. The maximum absolute atomic E-state index is 12.8. The van der Waals surface area contributed by atoms with Gasteiger partial charge in [0.1, 0.15) is 4.90 Å². The van der Waals surface area contributed by atoms with E-state index in [2.05, 4.69) is 6.92 Å². The predicted molar refractivity (Wildman–Crippen MR) is 82.4 cm³/mol. The van der Waals surface area contributed by atoms with E-state index in [1.807, 2.05) is 6.92 Å². The van der Waals surface area contributed by atoms with E-state index in [0.717, 1.165) is 31.2 Å². The van der Waals surface area contributed by atoms with Gasteiger partial charge in [-0.2, -0.15) is 4.31 Å². The normalized spacial score (nSPS) is 15.8. The summed E-state index contributed by atoms with van der Waals surface area (Å²) in [4.78, 5) is 0.130. The van der Waals surface area contributed by atoms with Gasteiger partial charge >= 0.3 is 0 Å². The third kappa shape index (κ3) is 3.10. The molecule has 2 rings (SSSR count). The lowest BCUT2D eigenvalue weighted by molar-refractivity contribution is 0.396. The number of unbranched alkanes of at least 4 members (excludes halogenated alkanes) is 1. The Hall–Kier alpha value is -0.780. The minimum atomic E-state index is -3.56. The van der Waals surface area contributed by atoms with E-state index in [0.29, 0.717) is 12.2 Å². The number of halogens is 1. The zero-order valence-corrected chi connectivity index (χ0v) is 13.5. The van der Waals surface area contributed by atoms with Crippen molar-refractivity contribution >= 4 is 27.3 Å². The zero-order chi connectivity index (χ0) is 14.9. The minimum Gasteiger partial charge on any atom is -0.398 e. The Morgan fingerprint density at radius 2 is 2.05 bits per heavy atom. The number of nitrogens with zero attached hydrogens (tertiary/aromatic N) is 1. The molecule has 1 aliphatic carbocycles. The Morgan fingerprint density at radius 3 is 2.60 bits per heavy atom. The molecule has 0 bridgehead atoms. The van der Waals surface area contributed by atoms with Crippen molar-refractivity contribution in [1.82, 2.24) is 4.31 Å². The number of rotatable bonds is 6. The summed E-state index contributed by atoms with van der Waals surface area (Å²) in [5.74, 6) is 0. The molecule has 0 atom stereocenters. The highest BCUT2D eigenvalue weighted by molar-refractivity contribution is 7.89. The number of anilines is 1. The molecule has 4 nitrogen and oxygen atoms in total. The summed E-state index contributed by atoms with van der Waals surface area (Å²) in [6.45, 7) is 4.41. The molecule has 1 aromatic rings. The van der Waals surface area contributed by atoms with E-state index < -0.39 is 10.0 Å². The second kappa shape index (κ2) is 5.92. The van der Waals surface area contributed by atoms with Crippen molar-refractivity contribution in [3.8, 4) is 0 Å². The van der Waals surface area contributed by atoms with E-state index in [9.17, 15) is 8.42 Å². The topological polar surface area (TPSA) is 63.4 Å². The van der Waals surface area contributed by atoms with Crippen LogP contribution in [0.15, 0.2) is 17.0 Å². The molecule has 0 heterocycles. The number of benzene rings is 1. The van der Waals surface area contributed by atoms with Crippen LogP contribution < -0.4 is 5.73 Å². The van der Waals surface area contributed by atoms with Crippen LogP contribution in [0.4, 0.5) is 5.69 Å². The predicted octanol–water partition coefficient (Wildman–Crippen LogP) is 3.18. The monoisotopic (exact) mass is 316 g/mol. The molecule has 0 unspecified atom stereocenters. The van der Waals surface area contributed by atoms with E-state index in [1.54, 1.807) is 10.4 Å². The summed E-state index contributed by atoms with van der Waals surface area (Å²) < 4.78 is 27.2. The van der Waals surface area contributed by atoms with E-state index >= 15 is 0 Å². The van der Waals surface area contributed by atoms with Gasteiger partial charge in [-0.25, -0.2) is 8.42 Å². The second-order valence-corrected chi connectivity index (χ2v) is 7.61. The van der Waals surface area contributed by atoms with Crippen molar-refractivity contribution in [2.45, 2.75) is 50.5 Å². The number of hydrogen-bond donors (Lipinski definition) is 1. The Labute approximate surface area is 126 Å². The van der Waals surface area contributed by atoms with Crippen LogP contribution in [0.5, 0.6) is 0 Å². The van der Waals surface area contributed by atoms with Crippen LogP contribution in [0.25, 0.3) is 0 Å². The van der Waals surface area contributed by atoms with Gasteiger partial charge < -0.3 is 5.73 Å². The summed E-state index contributed by atoms with van der Waals surface area (Å²) in [7, 11) is -3.56. The first-order chi connectivity index (χ1) is 9.37. The molecule has 1 fully saturated rings. The van der Waals surface area contributed by atoms with Gasteiger partial charge in [0.25, 0.3) is 0 Å². The first kappa shape index (κ1) is 15.6. The molecule has 6 heteroatoms.